The summed E-state index contributed by atoms with van der Waals surface area (Å²) in [4.78, 5) is 45.3. The molecule has 54 heavy (non-hydrogen) atoms. The Balaban J connectivity index is 0.000000197. The number of benzene rings is 2. The lowest BCUT2D eigenvalue weighted by atomic mass is 10.0. The van der Waals surface area contributed by atoms with Gasteiger partial charge in [0.1, 0.15) is 45.0 Å². The number of aromatic nitrogens is 6. The van der Waals surface area contributed by atoms with Crippen LogP contribution in [0, 0.1) is 19.8 Å². The number of aromatic hydroxyl groups is 1. The van der Waals surface area contributed by atoms with Crippen LogP contribution in [-0.4, -0.2) is 79.5 Å². The number of hydrogen-bond acceptors (Lipinski definition) is 11. The van der Waals surface area contributed by atoms with E-state index in [0.29, 0.717) is 68.7 Å². The van der Waals surface area contributed by atoms with Crippen molar-refractivity contribution in [3.63, 3.8) is 0 Å². The molecule has 1 atom stereocenters. The van der Waals surface area contributed by atoms with Crippen LogP contribution in [0.1, 0.15) is 37.8 Å². The number of nitrogens with zero attached hydrogens (tertiary/aromatic N) is 7. The van der Waals surface area contributed by atoms with Crippen LogP contribution >= 0.6 is 23.2 Å². The second-order valence-electron chi connectivity index (χ2n) is 13.1. The van der Waals surface area contributed by atoms with Crippen molar-refractivity contribution in [3.8, 4) is 34.4 Å². The molecule has 4 aromatic heterocycles. The number of hydrogen-bond donors (Lipinski definition) is 1. The third-order valence-corrected chi connectivity index (χ3v) is 9.62. The van der Waals surface area contributed by atoms with E-state index in [1.54, 1.807) is 27.0 Å². The van der Waals surface area contributed by atoms with Crippen molar-refractivity contribution in [2.24, 2.45) is 5.92 Å². The van der Waals surface area contributed by atoms with Gasteiger partial charge in [0, 0.05) is 25.2 Å². The van der Waals surface area contributed by atoms with Crippen LogP contribution < -0.4 is 25.3 Å². The molecule has 0 spiro atoms. The number of phenolic OH excluding ortho intramolecular Hbond substituents is 1. The number of piperidine rings is 1. The van der Waals surface area contributed by atoms with Gasteiger partial charge >= 0.3 is 0 Å². The fraction of sp³-hybridized carbons (Fsp3) is 0.333. The van der Waals surface area contributed by atoms with Gasteiger partial charge in [0.05, 0.1) is 66.4 Å². The molecular formula is C39H41Cl2N7O6. The molecule has 0 saturated carbocycles. The first-order valence-corrected chi connectivity index (χ1v) is 18.2. The predicted octanol–water partition coefficient (Wildman–Crippen LogP) is 6.71. The fourth-order valence-corrected chi connectivity index (χ4v) is 6.98. The highest BCUT2D eigenvalue weighted by Gasteiger charge is 2.18. The van der Waals surface area contributed by atoms with E-state index in [2.05, 4.69) is 31.8 Å². The number of rotatable bonds is 9. The minimum Gasteiger partial charge on any atom is -0.508 e. The van der Waals surface area contributed by atoms with Crippen molar-refractivity contribution in [2.75, 3.05) is 40.5 Å². The quantitative estimate of drug-likeness (QED) is 0.124. The van der Waals surface area contributed by atoms with Crippen molar-refractivity contribution >= 4 is 45.0 Å². The van der Waals surface area contributed by atoms with E-state index < -0.39 is 0 Å². The van der Waals surface area contributed by atoms with Crippen molar-refractivity contribution in [3.05, 3.63) is 104 Å². The molecule has 7 rings (SSSR count). The molecule has 1 aliphatic rings. The summed E-state index contributed by atoms with van der Waals surface area (Å²) in [5.41, 5.74) is 1.57. The predicted molar refractivity (Wildman–Crippen MR) is 209 cm³/mol. The zero-order valence-corrected chi connectivity index (χ0v) is 32.2. The molecule has 1 saturated heterocycles. The average Bonchev–Trinajstić information content (AvgIpc) is 3.15. The van der Waals surface area contributed by atoms with Crippen molar-refractivity contribution < 1.29 is 19.3 Å². The van der Waals surface area contributed by atoms with Gasteiger partial charge in [0.2, 0.25) is 0 Å². The summed E-state index contributed by atoms with van der Waals surface area (Å²) in [6.07, 6.45) is 6.56. The van der Waals surface area contributed by atoms with Crippen LogP contribution in [0.5, 0.6) is 23.0 Å². The molecule has 1 aliphatic heterocycles. The molecule has 1 N–H and O–H groups in total. The standard InChI is InChI=1S/C24H29ClN4O3.C15H12ClN3O3/c1-16-6-4-9-28(15-16)10-5-11-32-18-7-8-21(22(12-18)31-3)29-17(2)27-20-14-26-23(25)13-19(20)24(29)30;1-8-18-11-7-17-14(16)6-10(11)15(21)19(8)12-4-3-9(20)5-13(12)22-2/h7-8,12-14,16H,4-6,9-11,15H2,1-3H3;3-7,20H,1-2H3/t16-;/m0./s1. The highest BCUT2D eigenvalue weighted by atomic mass is 35.5. The molecule has 2 aromatic carbocycles. The van der Waals surface area contributed by atoms with E-state index in [-0.39, 0.29) is 27.2 Å². The first kappa shape index (κ1) is 38.5. The Labute approximate surface area is 321 Å². The largest absolute Gasteiger partial charge is 0.508 e. The van der Waals surface area contributed by atoms with Gasteiger partial charge in [-0.3, -0.25) is 18.7 Å². The lowest BCUT2D eigenvalue weighted by Crippen LogP contribution is -2.35. The van der Waals surface area contributed by atoms with Crippen LogP contribution in [-0.2, 0) is 0 Å². The van der Waals surface area contributed by atoms with Crippen LogP contribution in [0.3, 0.4) is 0 Å². The SMILES string of the molecule is COc1cc(O)ccc1-n1c(C)nc2cnc(Cl)cc2c1=O.COc1cc(OCCCN2CCC[C@H](C)C2)ccc1-n1c(C)nc2cnc(Cl)cc2c1=O. The van der Waals surface area contributed by atoms with E-state index in [1.165, 1.54) is 78.8 Å². The maximum Gasteiger partial charge on any atom is 0.266 e. The molecule has 15 heteroatoms. The number of methoxy groups -OCH3 is 2. The zero-order valence-electron chi connectivity index (χ0n) is 30.7. The highest BCUT2D eigenvalue weighted by Crippen LogP contribution is 2.30. The molecule has 0 bridgehead atoms. The number of aryl methyl sites for hydroxylation is 2. The van der Waals surface area contributed by atoms with E-state index in [4.69, 9.17) is 37.4 Å². The van der Waals surface area contributed by atoms with E-state index in [9.17, 15) is 14.7 Å². The molecular weight excluding hydrogens is 733 g/mol. The van der Waals surface area contributed by atoms with Gasteiger partial charge in [0.15, 0.2) is 0 Å². The monoisotopic (exact) mass is 773 g/mol. The normalized spacial score (nSPS) is 14.5. The smallest absolute Gasteiger partial charge is 0.266 e. The van der Waals surface area contributed by atoms with Gasteiger partial charge in [-0.2, -0.15) is 0 Å². The molecule has 0 aliphatic carbocycles. The fourth-order valence-electron chi connectivity index (χ4n) is 6.67. The van der Waals surface area contributed by atoms with Gasteiger partial charge in [-0.05, 0) is 82.0 Å². The van der Waals surface area contributed by atoms with E-state index >= 15 is 0 Å². The van der Waals surface area contributed by atoms with E-state index in [1.807, 2.05) is 18.2 Å². The first-order valence-electron chi connectivity index (χ1n) is 17.5. The van der Waals surface area contributed by atoms with Crippen molar-refractivity contribution in [1.29, 1.82) is 0 Å². The molecule has 6 aromatic rings. The second-order valence-corrected chi connectivity index (χ2v) is 13.9. The summed E-state index contributed by atoms with van der Waals surface area (Å²) in [5, 5.41) is 10.8. The zero-order chi connectivity index (χ0) is 38.5. The second kappa shape index (κ2) is 16.8. The van der Waals surface area contributed by atoms with Gasteiger partial charge in [-0.15, -0.1) is 0 Å². The Hall–Kier alpha value is -5.24. The lowest BCUT2D eigenvalue weighted by molar-refractivity contribution is 0.170. The Kier molecular flexibility index (Phi) is 12.0. The lowest BCUT2D eigenvalue weighted by Gasteiger charge is -2.30. The first-order chi connectivity index (χ1) is 26.0. The molecule has 13 nitrogen and oxygen atoms in total. The Morgan fingerprint density at radius 3 is 1.93 bits per heavy atom. The van der Waals surface area contributed by atoms with Crippen molar-refractivity contribution in [1.82, 2.24) is 34.0 Å². The summed E-state index contributed by atoms with van der Waals surface area (Å²) in [6, 6.07) is 13.0. The van der Waals surface area contributed by atoms with Gasteiger partial charge in [0.25, 0.3) is 11.1 Å². The number of likely N-dealkylation sites (tertiary alicyclic amines) is 1. The third-order valence-electron chi connectivity index (χ3n) is 9.20. The summed E-state index contributed by atoms with van der Waals surface area (Å²) in [7, 11) is 3.05. The maximum absolute atomic E-state index is 13.2. The summed E-state index contributed by atoms with van der Waals surface area (Å²) in [6.45, 7) is 9.85. The highest BCUT2D eigenvalue weighted by molar-refractivity contribution is 6.30. The molecule has 0 unspecified atom stereocenters. The van der Waals surface area contributed by atoms with Crippen LogP contribution in [0.25, 0.3) is 33.2 Å². The van der Waals surface area contributed by atoms with Crippen LogP contribution in [0.2, 0.25) is 10.3 Å². The van der Waals surface area contributed by atoms with Crippen LogP contribution in [0.15, 0.2) is 70.5 Å². The molecule has 0 radical (unpaired) electrons. The molecule has 282 valence electrons. The van der Waals surface area contributed by atoms with Crippen molar-refractivity contribution in [2.45, 2.75) is 40.0 Å². The molecule has 0 amide bonds. The van der Waals surface area contributed by atoms with Crippen LogP contribution in [0.4, 0.5) is 0 Å². The number of halogens is 2. The van der Waals surface area contributed by atoms with Gasteiger partial charge < -0.3 is 24.2 Å². The third kappa shape index (κ3) is 8.43. The van der Waals surface area contributed by atoms with Gasteiger partial charge in [-0.25, -0.2) is 19.9 Å². The number of phenols is 1. The summed E-state index contributed by atoms with van der Waals surface area (Å²) >= 11 is 11.9. The average molecular weight is 775 g/mol. The minimum atomic E-state index is -0.282. The van der Waals surface area contributed by atoms with E-state index in [0.717, 1.165) is 18.9 Å². The Morgan fingerprint density at radius 2 is 1.37 bits per heavy atom. The number of ether oxygens (including phenoxy) is 3. The Bertz CT molecular complexity index is 2440. The molecule has 5 heterocycles. The topological polar surface area (TPSA) is 147 Å². The number of fused-ring (bicyclic) bond motifs is 2. The Morgan fingerprint density at radius 1 is 0.815 bits per heavy atom. The summed E-state index contributed by atoms with van der Waals surface area (Å²) in [5.74, 6) is 3.46. The number of pyridine rings is 2. The summed E-state index contributed by atoms with van der Waals surface area (Å²) < 4.78 is 19.7. The molecule has 1 fully saturated rings. The maximum atomic E-state index is 13.2. The van der Waals surface area contributed by atoms with Gasteiger partial charge in [-0.1, -0.05) is 30.1 Å². The minimum absolute atomic E-state index is 0.0484.